The summed E-state index contributed by atoms with van der Waals surface area (Å²) in [6, 6.07) is 10.2. The molecule has 8 heteroatoms. The van der Waals surface area contributed by atoms with Gasteiger partial charge in [-0.05, 0) is 24.3 Å². The Balaban J connectivity index is 0.000000131. The third-order valence-electron chi connectivity index (χ3n) is 2.71. The maximum absolute atomic E-state index is 12.8. The quantitative estimate of drug-likeness (QED) is 0.402. The van der Waals surface area contributed by atoms with Crippen LogP contribution in [-0.4, -0.2) is 9.97 Å². The monoisotopic (exact) mass is 370 g/mol. The zero-order valence-corrected chi connectivity index (χ0v) is 14.2. The van der Waals surface area contributed by atoms with Crippen LogP contribution >= 0.6 is 48.2 Å². The molecule has 2 aromatic heterocycles. The van der Waals surface area contributed by atoms with E-state index in [0.29, 0.717) is 5.52 Å². The Morgan fingerprint density at radius 2 is 1.77 bits per heavy atom. The first-order valence-electron chi connectivity index (χ1n) is 6.02. The Kier molecular flexibility index (Phi) is 4.58. The van der Waals surface area contributed by atoms with Crippen LogP contribution in [0.4, 0.5) is 4.39 Å². The van der Waals surface area contributed by atoms with E-state index in [1.165, 1.54) is 17.4 Å². The highest BCUT2D eigenvalue weighted by molar-refractivity contribution is 7.83. The molecule has 4 aromatic rings. The Morgan fingerprint density at radius 3 is 2.50 bits per heavy atom. The summed E-state index contributed by atoms with van der Waals surface area (Å²) >= 11 is 15.4. The second-order valence-electron chi connectivity index (χ2n) is 4.17. The lowest BCUT2D eigenvalue weighted by Gasteiger charge is -1.87. The van der Waals surface area contributed by atoms with Gasteiger partial charge in [-0.3, -0.25) is 0 Å². The molecule has 0 aliphatic heterocycles. The summed E-state index contributed by atoms with van der Waals surface area (Å²) in [5, 5.41) is 0.936. The fourth-order valence-corrected chi connectivity index (χ4v) is 3.38. The van der Waals surface area contributed by atoms with E-state index in [-0.39, 0.29) is 10.8 Å². The molecule has 0 atom stereocenters. The normalized spacial score (nSPS) is 10.7. The lowest BCUT2D eigenvalue weighted by molar-refractivity contribution is 0.472. The zero-order valence-electron chi connectivity index (χ0n) is 10.8. The number of nitrogens with zero attached hydrogens (tertiary/aromatic N) is 2. The second-order valence-corrected chi connectivity index (χ2v) is 6.68. The Hall–Kier alpha value is -1.28. The third kappa shape index (κ3) is 3.22. The van der Waals surface area contributed by atoms with Crippen LogP contribution in [0.3, 0.4) is 0 Å². The molecule has 2 heterocycles. The van der Waals surface area contributed by atoms with Crippen molar-refractivity contribution in [2.75, 3.05) is 0 Å². The lowest BCUT2D eigenvalue weighted by Crippen LogP contribution is -1.72. The van der Waals surface area contributed by atoms with E-state index in [1.54, 1.807) is 12.1 Å². The number of fused-ring (bicyclic) bond motifs is 2. The number of hydrogen-bond donors (Lipinski definition) is 2. The number of thiazole rings is 1. The van der Waals surface area contributed by atoms with Crippen LogP contribution in [-0.2, 0) is 0 Å². The molecular weight excluding hydrogens is 363 g/mol. The van der Waals surface area contributed by atoms with Crippen molar-refractivity contribution in [1.82, 2.24) is 9.97 Å². The average molecular weight is 371 g/mol. The van der Waals surface area contributed by atoms with Gasteiger partial charge in [0.1, 0.15) is 9.86 Å². The van der Waals surface area contributed by atoms with Crippen LogP contribution < -0.4 is 0 Å². The van der Waals surface area contributed by atoms with Crippen molar-refractivity contribution in [2.24, 2.45) is 0 Å². The first-order valence-corrected chi connectivity index (χ1v) is 8.11. The molecule has 4 rings (SSSR count). The number of thiol groups is 2. The predicted octanol–water partition coefficient (Wildman–Crippen LogP) is 5.49. The van der Waals surface area contributed by atoms with Gasteiger partial charge in [0.15, 0.2) is 11.4 Å². The molecule has 0 N–H and O–H groups in total. The summed E-state index contributed by atoms with van der Waals surface area (Å²) in [6.45, 7) is 0. The topological polar surface area (TPSA) is 38.9 Å². The van der Waals surface area contributed by atoms with Crippen molar-refractivity contribution in [3.8, 4) is 0 Å². The van der Waals surface area contributed by atoms with Crippen molar-refractivity contribution < 1.29 is 8.81 Å². The van der Waals surface area contributed by atoms with Crippen LogP contribution in [0.25, 0.3) is 21.3 Å². The standard InChI is InChI=1S/C7H4ClNS2.C7H4FNOS/c8-4-2-1-3-5-6(4)11-7(10)9-5;8-4-2-1-3-5-6(4)10-7(11)9-5/h1-3H,(H,9,10);1-3H,(H,9,11). The summed E-state index contributed by atoms with van der Waals surface area (Å²) in [4.78, 5) is 8.00. The summed E-state index contributed by atoms with van der Waals surface area (Å²) < 4.78 is 19.5. The SMILES string of the molecule is Fc1cccc2nc(S)oc12.Sc1nc2cccc(Cl)c2s1. The molecule has 0 unspecified atom stereocenters. The Morgan fingerprint density at radius 1 is 1.05 bits per heavy atom. The summed E-state index contributed by atoms with van der Waals surface area (Å²) in [7, 11) is 0. The van der Waals surface area contributed by atoms with E-state index in [2.05, 4.69) is 35.2 Å². The fourth-order valence-electron chi connectivity index (χ4n) is 1.81. The van der Waals surface area contributed by atoms with Crippen molar-refractivity contribution in [2.45, 2.75) is 9.56 Å². The molecule has 112 valence electrons. The van der Waals surface area contributed by atoms with E-state index < -0.39 is 5.82 Å². The van der Waals surface area contributed by atoms with Gasteiger partial charge in [0, 0.05) is 0 Å². The van der Waals surface area contributed by atoms with Crippen LogP contribution in [0.1, 0.15) is 0 Å². The first kappa shape index (κ1) is 15.6. The number of para-hydroxylation sites is 1. The average Bonchev–Trinajstić information content (AvgIpc) is 3.03. The van der Waals surface area contributed by atoms with Crippen molar-refractivity contribution in [3.05, 3.63) is 47.2 Å². The number of hydrogen-bond acceptors (Lipinski definition) is 6. The van der Waals surface area contributed by atoms with Crippen molar-refractivity contribution in [1.29, 1.82) is 0 Å². The van der Waals surface area contributed by atoms with Crippen molar-refractivity contribution in [3.63, 3.8) is 0 Å². The smallest absolute Gasteiger partial charge is 0.253 e. The number of aromatic nitrogens is 2. The van der Waals surface area contributed by atoms with E-state index in [1.807, 2.05) is 18.2 Å². The molecular formula is C14H8ClFN2OS3. The number of halogens is 2. The van der Waals surface area contributed by atoms with Gasteiger partial charge in [-0.2, -0.15) is 0 Å². The molecule has 0 radical (unpaired) electrons. The Labute approximate surface area is 145 Å². The highest BCUT2D eigenvalue weighted by Gasteiger charge is 2.06. The second kappa shape index (κ2) is 6.45. The van der Waals surface area contributed by atoms with Gasteiger partial charge in [0.2, 0.25) is 0 Å². The number of benzene rings is 2. The van der Waals surface area contributed by atoms with E-state index in [0.717, 1.165) is 19.6 Å². The van der Waals surface area contributed by atoms with Gasteiger partial charge in [-0.1, -0.05) is 36.4 Å². The molecule has 0 spiro atoms. The van der Waals surface area contributed by atoms with E-state index in [9.17, 15) is 4.39 Å². The molecule has 0 fully saturated rings. The van der Waals surface area contributed by atoms with Crippen LogP contribution in [0.5, 0.6) is 0 Å². The minimum Gasteiger partial charge on any atom is -0.428 e. The first-order chi connectivity index (χ1) is 10.5. The zero-order chi connectivity index (χ0) is 15.7. The molecule has 0 amide bonds. The predicted molar refractivity (Wildman–Crippen MR) is 93.1 cm³/mol. The van der Waals surface area contributed by atoms with Gasteiger partial charge in [0.05, 0.1) is 15.2 Å². The highest BCUT2D eigenvalue weighted by atomic mass is 35.5. The number of rotatable bonds is 0. The van der Waals surface area contributed by atoms with Gasteiger partial charge >= 0.3 is 0 Å². The molecule has 0 saturated carbocycles. The molecule has 22 heavy (non-hydrogen) atoms. The number of oxazole rings is 1. The fraction of sp³-hybridized carbons (Fsp3) is 0. The minimum atomic E-state index is -0.407. The summed E-state index contributed by atoms with van der Waals surface area (Å²) in [6.07, 6.45) is 0. The van der Waals surface area contributed by atoms with Crippen LogP contribution in [0.2, 0.25) is 5.02 Å². The highest BCUT2D eigenvalue weighted by Crippen LogP contribution is 2.30. The molecule has 0 aliphatic carbocycles. The van der Waals surface area contributed by atoms with Gasteiger partial charge in [-0.25, -0.2) is 14.4 Å². The lowest BCUT2D eigenvalue weighted by atomic mass is 10.3. The van der Waals surface area contributed by atoms with Gasteiger partial charge < -0.3 is 4.42 Å². The van der Waals surface area contributed by atoms with Gasteiger partial charge in [-0.15, -0.1) is 24.0 Å². The molecule has 3 nitrogen and oxygen atoms in total. The maximum atomic E-state index is 12.8. The summed E-state index contributed by atoms with van der Waals surface area (Å²) in [5.41, 5.74) is 1.58. The molecule has 0 bridgehead atoms. The van der Waals surface area contributed by atoms with Crippen LogP contribution in [0.15, 0.2) is 50.4 Å². The Bertz CT molecular complexity index is 876. The molecule has 0 aliphatic rings. The minimum absolute atomic E-state index is 0.164. The van der Waals surface area contributed by atoms with Crippen LogP contribution in [0, 0.1) is 5.82 Å². The summed E-state index contributed by atoms with van der Waals surface area (Å²) in [5.74, 6) is -0.407. The van der Waals surface area contributed by atoms with Crippen molar-refractivity contribution >= 4 is 69.5 Å². The maximum Gasteiger partial charge on any atom is 0.253 e. The molecule has 0 saturated heterocycles. The largest absolute Gasteiger partial charge is 0.428 e. The van der Waals surface area contributed by atoms with Gasteiger partial charge in [0.25, 0.3) is 5.22 Å². The van der Waals surface area contributed by atoms with E-state index >= 15 is 0 Å². The third-order valence-corrected chi connectivity index (χ3v) is 4.61. The molecule has 2 aromatic carbocycles. The van der Waals surface area contributed by atoms with E-state index in [4.69, 9.17) is 16.0 Å².